The molecule has 108 valence electrons. The summed E-state index contributed by atoms with van der Waals surface area (Å²) in [6, 6.07) is 8.05. The van der Waals surface area contributed by atoms with Gasteiger partial charge in [-0.1, -0.05) is 36.4 Å². The van der Waals surface area contributed by atoms with E-state index in [4.69, 9.17) is 4.74 Å². The van der Waals surface area contributed by atoms with Crippen LogP contribution >= 0.6 is 0 Å². The van der Waals surface area contributed by atoms with E-state index in [0.29, 0.717) is 18.4 Å². The number of benzene rings is 1. The molecule has 2 heteroatoms. The molecule has 1 aromatic rings. The van der Waals surface area contributed by atoms with Crippen LogP contribution in [0, 0.1) is 12.8 Å². The van der Waals surface area contributed by atoms with Gasteiger partial charge in [0, 0.05) is 0 Å². The topological polar surface area (TPSA) is 32.8 Å². The van der Waals surface area contributed by atoms with Crippen molar-refractivity contribution in [2.24, 2.45) is 5.92 Å². The van der Waals surface area contributed by atoms with Gasteiger partial charge in [0.2, 0.25) is 0 Å². The van der Waals surface area contributed by atoms with E-state index in [-0.39, 0.29) is 5.60 Å². The first kappa shape index (κ1) is 13.8. The molecule has 1 aromatic carbocycles. The molecule has 1 heterocycles. The molecule has 1 aliphatic heterocycles. The Morgan fingerprint density at radius 3 is 2.95 bits per heavy atom. The van der Waals surface area contributed by atoms with Gasteiger partial charge in [-0.05, 0) is 56.6 Å². The quantitative estimate of drug-likeness (QED) is 0.665. The second kappa shape index (κ2) is 5.01. The second-order valence-electron chi connectivity index (χ2n) is 6.63. The number of hydrogen-bond acceptors (Lipinski definition) is 2. The van der Waals surface area contributed by atoms with Gasteiger partial charge in [-0.2, -0.15) is 0 Å². The van der Waals surface area contributed by atoms with Crippen molar-refractivity contribution >= 4 is 0 Å². The molecule has 1 aliphatic carbocycles. The summed E-state index contributed by atoms with van der Waals surface area (Å²) in [5.74, 6) is 0.509. The lowest BCUT2D eigenvalue weighted by atomic mass is 9.78. The molecule has 2 fully saturated rings. The lowest BCUT2D eigenvalue weighted by molar-refractivity contribution is 0.172. The lowest BCUT2D eigenvalue weighted by Gasteiger charge is -2.26. The summed E-state index contributed by atoms with van der Waals surface area (Å²) in [6.45, 7) is 8.49. The predicted molar refractivity (Wildman–Crippen MR) is 80.5 cm³/mol. The highest BCUT2D eigenvalue weighted by molar-refractivity contribution is 5.29. The summed E-state index contributed by atoms with van der Waals surface area (Å²) in [5.41, 5.74) is 3.51. The highest BCUT2D eigenvalue weighted by Gasteiger charge is 2.55. The maximum atomic E-state index is 10.4. The number of aryl methyl sites for hydroxylation is 1. The van der Waals surface area contributed by atoms with Crippen molar-refractivity contribution < 1.29 is 9.84 Å². The van der Waals surface area contributed by atoms with Crippen molar-refractivity contribution in [1.82, 2.24) is 0 Å². The monoisotopic (exact) mass is 272 g/mol. The first-order chi connectivity index (χ1) is 9.49. The van der Waals surface area contributed by atoms with Crippen LogP contribution in [0.25, 0.3) is 0 Å². The van der Waals surface area contributed by atoms with Crippen LogP contribution in [-0.2, 0) is 4.74 Å². The molecule has 2 nitrogen and oxygen atoms in total. The van der Waals surface area contributed by atoms with Gasteiger partial charge in [-0.3, -0.25) is 0 Å². The van der Waals surface area contributed by atoms with E-state index in [9.17, 15) is 5.11 Å². The van der Waals surface area contributed by atoms with Crippen molar-refractivity contribution in [3.05, 3.63) is 47.5 Å². The van der Waals surface area contributed by atoms with E-state index < -0.39 is 6.10 Å². The molecule has 0 radical (unpaired) electrons. The van der Waals surface area contributed by atoms with E-state index >= 15 is 0 Å². The van der Waals surface area contributed by atoms with Crippen LogP contribution in [0.4, 0.5) is 0 Å². The van der Waals surface area contributed by atoms with Crippen molar-refractivity contribution in [2.45, 2.75) is 57.3 Å². The molecule has 0 bridgehead atoms. The highest BCUT2D eigenvalue weighted by Crippen LogP contribution is 2.51. The van der Waals surface area contributed by atoms with E-state index in [0.717, 1.165) is 30.4 Å². The van der Waals surface area contributed by atoms with E-state index in [1.807, 2.05) is 31.2 Å². The first-order valence-corrected chi connectivity index (χ1v) is 7.59. The van der Waals surface area contributed by atoms with Crippen LogP contribution in [0.15, 0.2) is 36.4 Å². The summed E-state index contributed by atoms with van der Waals surface area (Å²) >= 11 is 0. The maximum absolute atomic E-state index is 10.4. The minimum absolute atomic E-state index is 0.158. The number of fused-ring (bicyclic) bond motifs is 1. The molecule has 0 aromatic heterocycles. The summed E-state index contributed by atoms with van der Waals surface area (Å²) in [7, 11) is 0. The van der Waals surface area contributed by atoms with Crippen molar-refractivity contribution in [3.63, 3.8) is 0 Å². The Kier molecular flexibility index (Phi) is 3.47. The fraction of sp³-hybridized carbons (Fsp3) is 0.556. The SMILES string of the molecule is C=C(CC(O)c1ccccc1C)C1CCC2(C)OC2C1. The van der Waals surface area contributed by atoms with Gasteiger partial charge in [0.25, 0.3) is 0 Å². The summed E-state index contributed by atoms with van der Waals surface area (Å²) in [5, 5.41) is 10.4. The molecule has 0 amide bonds. The average molecular weight is 272 g/mol. The number of aliphatic hydroxyl groups excluding tert-OH is 1. The van der Waals surface area contributed by atoms with Crippen molar-refractivity contribution in [1.29, 1.82) is 0 Å². The van der Waals surface area contributed by atoms with Gasteiger partial charge >= 0.3 is 0 Å². The fourth-order valence-electron chi connectivity index (χ4n) is 3.50. The van der Waals surface area contributed by atoms with E-state index in [1.54, 1.807) is 0 Å². The predicted octanol–water partition coefficient (Wildman–Crippen LogP) is 3.93. The smallest absolute Gasteiger partial charge is 0.0920 e. The van der Waals surface area contributed by atoms with Gasteiger partial charge in [0.1, 0.15) is 0 Å². The Bertz CT molecular complexity index is 522. The number of aliphatic hydroxyl groups is 1. The largest absolute Gasteiger partial charge is 0.388 e. The number of rotatable bonds is 4. The molecule has 4 unspecified atom stereocenters. The average Bonchev–Trinajstić information content (AvgIpc) is 3.09. The molecule has 4 atom stereocenters. The molecular weight excluding hydrogens is 248 g/mol. The Morgan fingerprint density at radius 1 is 1.50 bits per heavy atom. The summed E-state index contributed by atoms with van der Waals surface area (Å²) in [6.07, 6.45) is 4.01. The molecule has 2 aliphatic rings. The third-order valence-electron chi connectivity index (χ3n) is 5.10. The van der Waals surface area contributed by atoms with Crippen LogP contribution in [0.5, 0.6) is 0 Å². The standard InChI is InChI=1S/C18H24O2/c1-12-6-4-5-7-15(12)16(19)10-13(2)14-8-9-18(3)17(11-14)20-18/h4-7,14,16-17,19H,2,8-11H2,1,3H3. The van der Waals surface area contributed by atoms with Gasteiger partial charge in [-0.25, -0.2) is 0 Å². The molecular formula is C18H24O2. The zero-order valence-corrected chi connectivity index (χ0v) is 12.4. The van der Waals surface area contributed by atoms with Gasteiger partial charge < -0.3 is 9.84 Å². The minimum Gasteiger partial charge on any atom is -0.388 e. The number of epoxide rings is 1. The van der Waals surface area contributed by atoms with Crippen LogP contribution in [0.1, 0.15) is 49.8 Å². The molecule has 3 rings (SSSR count). The Morgan fingerprint density at radius 2 is 2.25 bits per heavy atom. The van der Waals surface area contributed by atoms with Crippen LogP contribution in [-0.4, -0.2) is 16.8 Å². The Hall–Kier alpha value is -1.12. The van der Waals surface area contributed by atoms with Crippen molar-refractivity contribution in [3.8, 4) is 0 Å². The van der Waals surface area contributed by atoms with Gasteiger partial charge in [0.15, 0.2) is 0 Å². The third kappa shape index (κ3) is 2.55. The third-order valence-corrected chi connectivity index (χ3v) is 5.10. The molecule has 1 saturated carbocycles. The Balaban J connectivity index is 1.60. The normalized spacial score (nSPS) is 33.4. The summed E-state index contributed by atoms with van der Waals surface area (Å²) in [4.78, 5) is 0. The van der Waals surface area contributed by atoms with Crippen LogP contribution in [0.2, 0.25) is 0 Å². The number of hydrogen-bond donors (Lipinski definition) is 1. The molecule has 0 spiro atoms. The minimum atomic E-state index is -0.433. The second-order valence-corrected chi connectivity index (χ2v) is 6.63. The zero-order chi connectivity index (χ0) is 14.3. The van der Waals surface area contributed by atoms with E-state index in [2.05, 4.69) is 13.5 Å². The van der Waals surface area contributed by atoms with Gasteiger partial charge in [0.05, 0.1) is 17.8 Å². The first-order valence-electron chi connectivity index (χ1n) is 7.59. The molecule has 1 N–H and O–H groups in total. The van der Waals surface area contributed by atoms with Gasteiger partial charge in [-0.15, -0.1) is 0 Å². The van der Waals surface area contributed by atoms with Crippen molar-refractivity contribution in [2.75, 3.05) is 0 Å². The maximum Gasteiger partial charge on any atom is 0.0920 e. The lowest BCUT2D eigenvalue weighted by Crippen LogP contribution is -2.22. The van der Waals surface area contributed by atoms with Crippen LogP contribution in [0.3, 0.4) is 0 Å². The Labute approximate surface area is 121 Å². The number of ether oxygens (including phenoxy) is 1. The molecule has 1 saturated heterocycles. The highest BCUT2D eigenvalue weighted by atomic mass is 16.6. The van der Waals surface area contributed by atoms with E-state index in [1.165, 1.54) is 5.57 Å². The fourth-order valence-corrected chi connectivity index (χ4v) is 3.50. The zero-order valence-electron chi connectivity index (χ0n) is 12.4. The van der Waals surface area contributed by atoms with Crippen LogP contribution < -0.4 is 0 Å². The summed E-state index contributed by atoms with van der Waals surface area (Å²) < 4.78 is 5.75. The molecule has 20 heavy (non-hydrogen) atoms.